The zero-order valence-corrected chi connectivity index (χ0v) is 29.3. The molecule has 0 heterocycles. The molecule has 0 saturated heterocycles. The van der Waals surface area contributed by atoms with Crippen LogP contribution in [-0.2, 0) is 29.1 Å². The van der Waals surface area contributed by atoms with Gasteiger partial charge in [0.05, 0.1) is 30.2 Å². The van der Waals surface area contributed by atoms with Gasteiger partial charge in [0.25, 0.3) is 5.91 Å². The number of phenols is 1. The SMILES string of the molecule is C=CCc1c(-c2cc(CN(C)Cc3ccccc3)ccc2OC)ccc(O)c1C(O)=C1CCC2C(C1=O)[C@](C)(O)C(C(N)=O)=C(O)[C@H]2N(C)C. The van der Waals surface area contributed by atoms with Crippen molar-refractivity contribution in [3.05, 3.63) is 112 Å². The standard InChI is InChI=1S/C40H47N3O7/c1-7-11-26-25(29-20-24(14-19-31(29)50-6)22-43(5)21-23-12-9-8-10-13-23)17-18-30(44)32(26)36(45)28-16-15-27-33(37(28)46)40(2,49)34(39(41)48)38(47)35(27)42(3)4/h7-10,12-14,17-20,27,33,35,44-45,47,49H,1,11,15-16,21-22H2,2-6H3,(H2,41,48)/t27?,33?,35-,40-/m0/s1. The Kier molecular flexibility index (Phi) is 10.6. The Morgan fingerprint density at radius 2 is 1.72 bits per heavy atom. The fourth-order valence-corrected chi connectivity index (χ4v) is 7.98. The first-order valence-electron chi connectivity index (χ1n) is 16.7. The Hall–Kier alpha value is -4.90. The molecule has 10 nitrogen and oxygen atoms in total. The first kappa shape index (κ1) is 36.4. The summed E-state index contributed by atoms with van der Waals surface area (Å²) in [5, 5.41) is 46.0. The van der Waals surface area contributed by atoms with Crippen molar-refractivity contribution in [1.29, 1.82) is 0 Å². The minimum absolute atomic E-state index is 0.00950. The van der Waals surface area contributed by atoms with Crippen molar-refractivity contribution >= 4 is 17.4 Å². The number of aliphatic hydroxyl groups excluding tert-OH is 2. The van der Waals surface area contributed by atoms with Crippen molar-refractivity contribution < 1.29 is 34.8 Å². The third-order valence-electron chi connectivity index (χ3n) is 10.1. The molecule has 0 aliphatic heterocycles. The average Bonchev–Trinajstić information content (AvgIpc) is 3.04. The number of fused-ring (bicyclic) bond motifs is 1. The number of benzene rings is 3. The van der Waals surface area contributed by atoms with Gasteiger partial charge >= 0.3 is 0 Å². The van der Waals surface area contributed by atoms with Gasteiger partial charge in [-0.25, -0.2) is 0 Å². The van der Waals surface area contributed by atoms with Crippen molar-refractivity contribution in [1.82, 2.24) is 9.80 Å². The molecule has 1 saturated carbocycles. The molecule has 2 aliphatic rings. The summed E-state index contributed by atoms with van der Waals surface area (Å²) in [5.74, 6) is -3.82. The molecule has 1 fully saturated rings. The number of rotatable bonds is 11. The first-order chi connectivity index (χ1) is 23.7. The number of allylic oxidation sites excluding steroid dienone is 2. The number of nitrogens with zero attached hydrogens (tertiary/aromatic N) is 2. The molecule has 6 N–H and O–H groups in total. The Morgan fingerprint density at radius 1 is 1.04 bits per heavy atom. The van der Waals surface area contributed by atoms with Crippen LogP contribution in [0.4, 0.5) is 0 Å². The quantitative estimate of drug-likeness (QED) is 0.103. The molecule has 0 bridgehead atoms. The number of amides is 1. The van der Waals surface area contributed by atoms with E-state index in [9.17, 15) is 30.0 Å². The number of Topliss-reactive ketones (excluding diaryl/α,β-unsaturated/α-hetero) is 1. The molecule has 0 spiro atoms. The van der Waals surface area contributed by atoms with Gasteiger partial charge in [0.2, 0.25) is 0 Å². The Balaban J connectivity index is 1.60. The summed E-state index contributed by atoms with van der Waals surface area (Å²) in [6.45, 7) is 6.61. The van der Waals surface area contributed by atoms with Gasteiger partial charge in [-0.15, -0.1) is 6.58 Å². The fraction of sp³-hybridized carbons (Fsp3) is 0.350. The van der Waals surface area contributed by atoms with E-state index in [0.29, 0.717) is 29.8 Å². The lowest BCUT2D eigenvalue weighted by Crippen LogP contribution is -2.60. The second kappa shape index (κ2) is 14.5. The van der Waals surface area contributed by atoms with Crippen LogP contribution < -0.4 is 10.5 Å². The molecular formula is C40H47N3O7. The van der Waals surface area contributed by atoms with Crippen LogP contribution in [-0.4, -0.2) is 81.8 Å². The molecule has 4 atom stereocenters. The Bertz CT molecular complexity index is 1860. The number of likely N-dealkylation sites (N-methyl/N-ethyl adjacent to an activating group) is 1. The van der Waals surface area contributed by atoms with E-state index < -0.39 is 46.5 Å². The maximum absolute atomic E-state index is 14.4. The molecule has 10 heteroatoms. The van der Waals surface area contributed by atoms with Crippen molar-refractivity contribution in [3.63, 3.8) is 0 Å². The summed E-state index contributed by atoms with van der Waals surface area (Å²) in [5.41, 5.74) is 7.34. The number of aliphatic hydroxyl groups is 3. The highest BCUT2D eigenvalue weighted by Gasteiger charge is 2.58. The van der Waals surface area contributed by atoms with Gasteiger partial charge < -0.3 is 30.9 Å². The van der Waals surface area contributed by atoms with Gasteiger partial charge in [-0.1, -0.05) is 48.5 Å². The number of nitrogens with two attached hydrogens (primary N) is 1. The number of carbonyl (C=O) groups excluding carboxylic acids is 2. The lowest BCUT2D eigenvalue weighted by Gasteiger charge is -2.50. The molecular weight excluding hydrogens is 634 g/mol. The van der Waals surface area contributed by atoms with Crippen LogP contribution in [0.5, 0.6) is 11.5 Å². The van der Waals surface area contributed by atoms with E-state index in [1.165, 1.54) is 18.6 Å². The summed E-state index contributed by atoms with van der Waals surface area (Å²) in [6, 6.07) is 18.6. The summed E-state index contributed by atoms with van der Waals surface area (Å²) in [6.07, 6.45) is 2.30. The maximum atomic E-state index is 14.4. The normalized spacial score (nSPS) is 23.2. The van der Waals surface area contributed by atoms with Crippen LogP contribution in [0.3, 0.4) is 0 Å². The van der Waals surface area contributed by atoms with Gasteiger partial charge in [-0.05, 0) is 93.7 Å². The minimum atomic E-state index is -2.11. The monoisotopic (exact) mass is 681 g/mol. The van der Waals surface area contributed by atoms with Gasteiger partial charge in [-0.2, -0.15) is 0 Å². The second-order valence-corrected chi connectivity index (χ2v) is 13.7. The molecule has 3 aromatic rings. The van der Waals surface area contributed by atoms with E-state index in [1.807, 2.05) is 43.4 Å². The molecule has 1 amide bonds. The highest BCUT2D eigenvalue weighted by Crippen LogP contribution is 2.50. The highest BCUT2D eigenvalue weighted by molar-refractivity contribution is 6.07. The van der Waals surface area contributed by atoms with Gasteiger partial charge in [-0.3, -0.25) is 19.4 Å². The second-order valence-electron chi connectivity index (χ2n) is 13.7. The summed E-state index contributed by atoms with van der Waals surface area (Å²) in [4.78, 5) is 30.8. The van der Waals surface area contributed by atoms with Crippen LogP contribution in [0.15, 0.2) is 90.2 Å². The van der Waals surface area contributed by atoms with E-state index in [1.54, 1.807) is 38.2 Å². The number of primary amides is 1. The molecule has 2 aliphatic carbocycles. The largest absolute Gasteiger partial charge is 0.510 e. The number of carbonyl (C=O) groups is 2. The molecule has 3 aromatic carbocycles. The van der Waals surface area contributed by atoms with Crippen molar-refractivity contribution in [2.45, 2.75) is 50.9 Å². The number of hydrogen-bond acceptors (Lipinski definition) is 9. The predicted molar refractivity (Wildman–Crippen MR) is 193 cm³/mol. The average molecular weight is 682 g/mol. The van der Waals surface area contributed by atoms with Crippen molar-refractivity contribution in [2.24, 2.45) is 17.6 Å². The van der Waals surface area contributed by atoms with Crippen molar-refractivity contribution in [2.75, 3.05) is 28.3 Å². The molecule has 0 radical (unpaired) electrons. The van der Waals surface area contributed by atoms with Gasteiger partial charge in [0.15, 0.2) is 5.78 Å². The number of ketones is 1. The van der Waals surface area contributed by atoms with Crippen LogP contribution in [0, 0.1) is 11.8 Å². The molecule has 264 valence electrons. The minimum Gasteiger partial charge on any atom is -0.510 e. The van der Waals surface area contributed by atoms with E-state index in [0.717, 1.165) is 17.7 Å². The van der Waals surface area contributed by atoms with Gasteiger partial charge in [0, 0.05) is 24.2 Å². The van der Waals surface area contributed by atoms with E-state index in [2.05, 4.69) is 23.6 Å². The lowest BCUT2D eigenvalue weighted by molar-refractivity contribution is -0.137. The number of hydrogen-bond donors (Lipinski definition) is 5. The summed E-state index contributed by atoms with van der Waals surface area (Å²) in [7, 11) is 7.04. The topological polar surface area (TPSA) is 157 Å². The van der Waals surface area contributed by atoms with Crippen LogP contribution in [0.2, 0.25) is 0 Å². The Morgan fingerprint density at radius 3 is 2.34 bits per heavy atom. The third-order valence-corrected chi connectivity index (χ3v) is 10.1. The zero-order chi connectivity index (χ0) is 36.5. The molecule has 0 aromatic heterocycles. The molecule has 5 rings (SSSR count). The van der Waals surface area contributed by atoms with E-state index >= 15 is 0 Å². The fourth-order valence-electron chi connectivity index (χ4n) is 7.98. The van der Waals surface area contributed by atoms with Crippen LogP contribution >= 0.6 is 0 Å². The summed E-state index contributed by atoms with van der Waals surface area (Å²) < 4.78 is 5.78. The highest BCUT2D eigenvalue weighted by atomic mass is 16.5. The predicted octanol–water partition coefficient (Wildman–Crippen LogP) is 5.28. The van der Waals surface area contributed by atoms with E-state index in [4.69, 9.17) is 10.5 Å². The maximum Gasteiger partial charge on any atom is 0.251 e. The lowest BCUT2D eigenvalue weighted by atomic mass is 9.59. The van der Waals surface area contributed by atoms with Crippen LogP contribution in [0.25, 0.3) is 16.9 Å². The third kappa shape index (κ3) is 6.66. The number of ether oxygens (including phenoxy) is 1. The van der Waals surface area contributed by atoms with E-state index in [-0.39, 0.29) is 35.5 Å². The van der Waals surface area contributed by atoms with Crippen LogP contribution in [0.1, 0.15) is 42.0 Å². The van der Waals surface area contributed by atoms with Gasteiger partial charge in [0.1, 0.15) is 28.6 Å². The Labute approximate surface area is 293 Å². The summed E-state index contributed by atoms with van der Waals surface area (Å²) >= 11 is 0. The smallest absolute Gasteiger partial charge is 0.251 e. The zero-order valence-electron chi connectivity index (χ0n) is 29.3. The number of aromatic hydroxyl groups is 1. The first-order valence-corrected chi connectivity index (χ1v) is 16.7. The molecule has 50 heavy (non-hydrogen) atoms. The van der Waals surface area contributed by atoms with Crippen molar-refractivity contribution in [3.8, 4) is 22.6 Å². The number of methoxy groups -OCH3 is 1. The molecule has 2 unspecified atom stereocenters. The number of phenolic OH excluding ortho intramolecular Hbond substituents is 1.